The van der Waals surface area contributed by atoms with Crippen molar-refractivity contribution < 1.29 is 17.9 Å². The highest BCUT2D eigenvalue weighted by Crippen LogP contribution is 2.29. The lowest BCUT2D eigenvalue weighted by Crippen LogP contribution is -2.19. The van der Waals surface area contributed by atoms with Gasteiger partial charge in [-0.05, 0) is 18.6 Å². The third kappa shape index (κ3) is 4.67. The maximum absolute atomic E-state index is 12.0. The molecule has 0 aromatic heterocycles. The van der Waals surface area contributed by atoms with E-state index in [1.54, 1.807) is 0 Å². The average molecular weight is 325 g/mol. The topological polar surface area (TPSA) is 60.4 Å². The molecule has 1 aromatic carbocycles. The van der Waals surface area contributed by atoms with Crippen molar-refractivity contribution in [2.24, 2.45) is 0 Å². The van der Waals surface area contributed by atoms with Crippen molar-refractivity contribution in [1.82, 2.24) is 0 Å². The van der Waals surface area contributed by atoms with E-state index in [1.807, 2.05) is 6.92 Å². The highest BCUT2D eigenvalue weighted by atomic mass is 35.5. The summed E-state index contributed by atoms with van der Waals surface area (Å²) in [4.78, 5) is 11.2. The van der Waals surface area contributed by atoms with E-state index in [1.165, 1.54) is 18.2 Å². The Kier molecular flexibility index (Phi) is 6.10. The van der Waals surface area contributed by atoms with Crippen LogP contribution in [0.1, 0.15) is 19.8 Å². The maximum atomic E-state index is 12.0. The van der Waals surface area contributed by atoms with Crippen LogP contribution in [0.15, 0.2) is 23.1 Å². The zero-order valence-corrected chi connectivity index (χ0v) is 12.7. The number of unbranched alkanes of at least 4 members (excludes halogenated alkanes) is 1. The van der Waals surface area contributed by atoms with E-state index in [0.717, 1.165) is 6.42 Å². The number of sulfone groups is 1. The zero-order chi connectivity index (χ0) is 14.5. The number of hydrogen-bond acceptors (Lipinski definition) is 4. The molecular formula is C12H14Cl2O4S. The minimum Gasteiger partial charge on any atom is -0.465 e. The van der Waals surface area contributed by atoms with E-state index < -0.39 is 21.6 Å². The second-order valence-corrected chi connectivity index (χ2v) is 6.62. The molecule has 0 aliphatic carbocycles. The Bertz CT molecular complexity index is 535. The summed E-state index contributed by atoms with van der Waals surface area (Å²) < 4.78 is 28.9. The Morgan fingerprint density at radius 3 is 2.37 bits per heavy atom. The van der Waals surface area contributed by atoms with Gasteiger partial charge in [-0.25, -0.2) is 8.42 Å². The third-order valence-electron chi connectivity index (χ3n) is 2.30. The van der Waals surface area contributed by atoms with Gasteiger partial charge in [0, 0.05) is 0 Å². The second-order valence-electron chi connectivity index (χ2n) is 3.88. The van der Waals surface area contributed by atoms with Crippen molar-refractivity contribution in [2.45, 2.75) is 24.7 Å². The monoisotopic (exact) mass is 324 g/mol. The number of esters is 1. The number of hydrogen-bond donors (Lipinski definition) is 0. The molecule has 0 N–H and O–H groups in total. The van der Waals surface area contributed by atoms with Crippen LogP contribution in [-0.2, 0) is 19.4 Å². The Morgan fingerprint density at radius 2 is 1.84 bits per heavy atom. The van der Waals surface area contributed by atoms with Crippen molar-refractivity contribution in [1.29, 1.82) is 0 Å². The summed E-state index contributed by atoms with van der Waals surface area (Å²) in [7, 11) is -3.90. The van der Waals surface area contributed by atoms with Gasteiger partial charge < -0.3 is 4.74 Å². The number of carbonyl (C=O) groups excluding carboxylic acids is 1. The Balaban J connectivity index is 2.84. The van der Waals surface area contributed by atoms with E-state index in [-0.39, 0.29) is 21.5 Å². The fourth-order valence-corrected chi connectivity index (χ4v) is 3.75. The van der Waals surface area contributed by atoms with Gasteiger partial charge in [-0.15, -0.1) is 0 Å². The number of carbonyl (C=O) groups is 1. The molecule has 0 aliphatic heterocycles. The van der Waals surface area contributed by atoms with E-state index >= 15 is 0 Å². The number of rotatable bonds is 6. The SMILES string of the molecule is CCCCOC(=O)CS(=O)(=O)c1c(Cl)cccc1Cl. The second kappa shape index (κ2) is 7.12. The molecule has 4 nitrogen and oxygen atoms in total. The molecule has 1 aromatic rings. The van der Waals surface area contributed by atoms with Crippen LogP contribution in [0.3, 0.4) is 0 Å². The molecule has 0 spiro atoms. The number of halogens is 2. The van der Waals surface area contributed by atoms with Crippen LogP contribution in [0.25, 0.3) is 0 Å². The van der Waals surface area contributed by atoms with Gasteiger partial charge in [0.15, 0.2) is 15.6 Å². The van der Waals surface area contributed by atoms with Gasteiger partial charge in [-0.1, -0.05) is 42.6 Å². The Hall–Kier alpha value is -0.780. The normalized spacial score (nSPS) is 11.3. The van der Waals surface area contributed by atoms with Crippen molar-refractivity contribution in [3.05, 3.63) is 28.2 Å². The van der Waals surface area contributed by atoms with Gasteiger partial charge in [0.1, 0.15) is 4.90 Å². The first-order chi connectivity index (χ1) is 8.88. The molecule has 0 aliphatic rings. The van der Waals surface area contributed by atoms with Crippen LogP contribution in [0.4, 0.5) is 0 Å². The van der Waals surface area contributed by atoms with E-state index in [4.69, 9.17) is 27.9 Å². The summed E-state index contributed by atoms with van der Waals surface area (Å²) >= 11 is 11.6. The van der Waals surface area contributed by atoms with Gasteiger partial charge in [0.05, 0.1) is 16.7 Å². The minimum atomic E-state index is -3.90. The molecule has 0 heterocycles. The molecular weight excluding hydrogens is 311 g/mol. The van der Waals surface area contributed by atoms with Crippen LogP contribution in [0.5, 0.6) is 0 Å². The van der Waals surface area contributed by atoms with Crippen LogP contribution in [0.2, 0.25) is 10.0 Å². The van der Waals surface area contributed by atoms with Crippen molar-refractivity contribution in [3.8, 4) is 0 Å². The molecule has 0 bridgehead atoms. The van der Waals surface area contributed by atoms with Gasteiger partial charge >= 0.3 is 5.97 Å². The molecule has 0 fully saturated rings. The molecule has 0 amide bonds. The Morgan fingerprint density at radius 1 is 1.26 bits per heavy atom. The molecule has 0 saturated heterocycles. The zero-order valence-electron chi connectivity index (χ0n) is 10.4. The quantitative estimate of drug-likeness (QED) is 0.596. The first-order valence-electron chi connectivity index (χ1n) is 5.71. The van der Waals surface area contributed by atoms with Crippen LogP contribution in [-0.4, -0.2) is 26.7 Å². The average Bonchev–Trinajstić information content (AvgIpc) is 2.27. The first-order valence-corrected chi connectivity index (χ1v) is 8.11. The lowest BCUT2D eigenvalue weighted by molar-refractivity contribution is -0.140. The van der Waals surface area contributed by atoms with Crippen molar-refractivity contribution >= 4 is 39.0 Å². The van der Waals surface area contributed by atoms with Gasteiger partial charge in [-0.2, -0.15) is 0 Å². The summed E-state index contributed by atoms with van der Waals surface area (Å²) in [5.41, 5.74) is 0. The third-order valence-corrected chi connectivity index (χ3v) is 4.83. The molecule has 1 rings (SSSR count). The van der Waals surface area contributed by atoms with Gasteiger partial charge in [0.25, 0.3) is 0 Å². The molecule has 7 heteroatoms. The standard InChI is InChI=1S/C12H14Cl2O4S/c1-2-3-7-18-11(15)8-19(16,17)12-9(13)5-4-6-10(12)14/h4-6H,2-3,7-8H2,1H3. The summed E-state index contributed by atoms with van der Waals surface area (Å²) in [5.74, 6) is -1.57. The molecule has 0 radical (unpaired) electrons. The fraction of sp³-hybridized carbons (Fsp3) is 0.417. The van der Waals surface area contributed by atoms with E-state index in [0.29, 0.717) is 6.42 Å². The van der Waals surface area contributed by atoms with Crippen LogP contribution < -0.4 is 0 Å². The molecule has 19 heavy (non-hydrogen) atoms. The summed E-state index contributed by atoms with van der Waals surface area (Å²) in [6.45, 7) is 2.15. The molecule has 0 atom stereocenters. The Labute approximate surface area is 122 Å². The lowest BCUT2D eigenvalue weighted by Gasteiger charge is -2.08. The highest BCUT2D eigenvalue weighted by Gasteiger charge is 2.25. The number of benzene rings is 1. The van der Waals surface area contributed by atoms with Crippen LogP contribution >= 0.6 is 23.2 Å². The minimum absolute atomic E-state index is 0.00569. The maximum Gasteiger partial charge on any atom is 0.321 e. The molecule has 0 unspecified atom stereocenters. The predicted molar refractivity (Wildman–Crippen MR) is 74.4 cm³/mol. The highest BCUT2D eigenvalue weighted by molar-refractivity contribution is 7.92. The fourth-order valence-electron chi connectivity index (χ4n) is 1.38. The summed E-state index contributed by atoms with van der Waals surface area (Å²) in [6, 6.07) is 4.34. The van der Waals surface area contributed by atoms with Gasteiger partial charge in [0.2, 0.25) is 0 Å². The smallest absolute Gasteiger partial charge is 0.321 e. The van der Waals surface area contributed by atoms with Crippen LogP contribution in [0, 0.1) is 0 Å². The summed E-state index contributed by atoms with van der Waals surface area (Å²) in [5, 5.41) is -0.0114. The largest absolute Gasteiger partial charge is 0.465 e. The van der Waals surface area contributed by atoms with E-state index in [9.17, 15) is 13.2 Å². The first kappa shape index (κ1) is 16.3. The molecule has 106 valence electrons. The van der Waals surface area contributed by atoms with Crippen molar-refractivity contribution in [3.63, 3.8) is 0 Å². The van der Waals surface area contributed by atoms with Crippen molar-refractivity contribution in [2.75, 3.05) is 12.4 Å². The summed E-state index contributed by atoms with van der Waals surface area (Å²) in [6.07, 6.45) is 1.55. The lowest BCUT2D eigenvalue weighted by atomic mass is 10.4. The molecule has 0 saturated carbocycles. The predicted octanol–water partition coefficient (Wildman–Crippen LogP) is 3.11. The van der Waals surface area contributed by atoms with Gasteiger partial charge in [-0.3, -0.25) is 4.79 Å². The number of ether oxygens (including phenoxy) is 1. The van der Waals surface area contributed by atoms with E-state index in [2.05, 4.69) is 0 Å².